The molecule has 0 saturated heterocycles. The van der Waals surface area contributed by atoms with Crippen molar-refractivity contribution in [3.05, 3.63) is 0 Å². The van der Waals surface area contributed by atoms with E-state index in [1.165, 1.54) is 77.4 Å². The second kappa shape index (κ2) is 17.9. The molecule has 0 unspecified atom stereocenters. The van der Waals surface area contributed by atoms with E-state index in [0.717, 1.165) is 24.4 Å². The molecule has 0 heterocycles. The first-order chi connectivity index (χ1) is 13.8. The zero-order chi connectivity index (χ0) is 20.6. The maximum absolute atomic E-state index is 5.95. The zero-order valence-corrected chi connectivity index (χ0v) is 22.1. The average Bonchev–Trinajstić information content (AvgIpc) is 2.77. The molecule has 2 saturated carbocycles. The Morgan fingerprint density at radius 2 is 1.21 bits per heavy atom. The van der Waals surface area contributed by atoms with Crippen molar-refractivity contribution in [1.29, 1.82) is 0 Å². The minimum atomic E-state index is -0.204. The maximum atomic E-state index is 5.95. The van der Waals surface area contributed by atoms with E-state index in [2.05, 4.69) is 51.6 Å². The average molecular weight is 523 g/mol. The van der Waals surface area contributed by atoms with E-state index < -0.39 is 0 Å². The third-order valence-electron chi connectivity index (χ3n) is 7.05. The van der Waals surface area contributed by atoms with E-state index in [9.17, 15) is 0 Å². The van der Waals surface area contributed by atoms with E-state index in [1.54, 1.807) is 25.7 Å². The molecule has 6 heteroatoms. The minimum absolute atomic E-state index is 0.204. The van der Waals surface area contributed by atoms with Crippen LogP contribution in [-0.4, -0.2) is 73.1 Å². The van der Waals surface area contributed by atoms with Gasteiger partial charge in [0.25, 0.3) is 0 Å². The Morgan fingerprint density at radius 3 is 1.64 bits per heavy atom. The van der Waals surface area contributed by atoms with Gasteiger partial charge in [-0.05, 0) is 64.5 Å². The zero-order valence-electron chi connectivity index (χ0n) is 18.5. The summed E-state index contributed by atoms with van der Waals surface area (Å²) in [6.45, 7) is 12.6. The molecular weight excluding hydrogens is 476 g/mol. The molecular formula is C22H47BrN3NiP+. The van der Waals surface area contributed by atoms with Gasteiger partial charge in [-0.25, -0.2) is 0 Å². The predicted octanol–water partition coefficient (Wildman–Crippen LogP) is 5.31. The van der Waals surface area contributed by atoms with Crippen LogP contribution >= 0.6 is 22.1 Å². The third-order valence-corrected chi connectivity index (χ3v) is 11.1. The molecule has 0 aliphatic heterocycles. The van der Waals surface area contributed by atoms with Crippen LogP contribution in [0, 0.1) is 0 Å². The molecule has 0 aromatic heterocycles. The Balaban J connectivity index is 0.00000190. The first-order valence-electron chi connectivity index (χ1n) is 11.9. The van der Waals surface area contributed by atoms with Gasteiger partial charge < -0.3 is 10.6 Å². The molecule has 28 heavy (non-hydrogen) atoms. The summed E-state index contributed by atoms with van der Waals surface area (Å²) in [6, 6.07) is 0. The molecule has 0 atom stereocenters. The van der Waals surface area contributed by atoms with E-state index in [0.29, 0.717) is 0 Å². The van der Waals surface area contributed by atoms with Gasteiger partial charge in [0.2, 0.25) is 0 Å². The van der Waals surface area contributed by atoms with E-state index in [4.69, 9.17) is 5.73 Å². The summed E-state index contributed by atoms with van der Waals surface area (Å²) in [5.74, 6) is 0. The van der Waals surface area contributed by atoms with Crippen LogP contribution in [-0.2, 0) is 13.7 Å². The fraction of sp³-hybridized carbons (Fsp3) is 1.00. The summed E-state index contributed by atoms with van der Waals surface area (Å²) in [7, 11) is -0.204. The van der Waals surface area contributed by atoms with Crippen LogP contribution < -0.4 is 5.73 Å². The summed E-state index contributed by atoms with van der Waals surface area (Å²) >= 11 is 6.25. The van der Waals surface area contributed by atoms with Crippen molar-refractivity contribution in [2.24, 2.45) is 5.73 Å². The summed E-state index contributed by atoms with van der Waals surface area (Å²) < 4.78 is 0. The van der Waals surface area contributed by atoms with Gasteiger partial charge in [-0.2, -0.15) is 0 Å². The van der Waals surface area contributed by atoms with Gasteiger partial charge in [-0.3, -0.25) is 4.90 Å². The first kappa shape index (κ1) is 27.3. The predicted molar refractivity (Wildman–Crippen MR) is 129 cm³/mol. The topological polar surface area (TPSA) is 32.5 Å². The van der Waals surface area contributed by atoms with E-state index >= 15 is 0 Å². The number of likely N-dealkylation sites (N-methyl/N-ethyl adjacent to an activating group) is 1. The van der Waals surface area contributed by atoms with E-state index in [-0.39, 0.29) is 7.92 Å². The number of halogens is 1. The molecule has 2 fully saturated rings. The fourth-order valence-electron chi connectivity index (χ4n) is 5.32. The SMILES string of the molecule is CCN(CC)CCN(CCN)CC[PH+](C1CCCCC1)C1CCCCC1.[Ni][Br]. The van der Waals surface area contributed by atoms with Gasteiger partial charge in [0, 0.05) is 40.6 Å². The summed E-state index contributed by atoms with van der Waals surface area (Å²) in [4.78, 5) is 5.24. The summed E-state index contributed by atoms with van der Waals surface area (Å²) in [5.41, 5.74) is 8.19. The molecule has 0 aromatic carbocycles. The van der Waals surface area contributed by atoms with Gasteiger partial charge in [0.1, 0.15) is 0 Å². The molecule has 3 nitrogen and oxygen atoms in total. The van der Waals surface area contributed by atoms with E-state index in [1.807, 2.05) is 0 Å². The van der Waals surface area contributed by atoms with Crippen LogP contribution in [0.2, 0.25) is 0 Å². The molecule has 2 rings (SSSR count). The second-order valence-corrected chi connectivity index (χ2v) is 11.9. The number of nitrogens with two attached hydrogens (primary N) is 1. The Labute approximate surface area is 192 Å². The number of hydrogen-bond donors (Lipinski definition) is 1. The second-order valence-electron chi connectivity index (χ2n) is 8.65. The molecule has 2 N–H and O–H groups in total. The van der Waals surface area contributed by atoms with Crippen molar-refractivity contribution in [1.82, 2.24) is 9.80 Å². The van der Waals surface area contributed by atoms with Gasteiger partial charge in [-0.15, -0.1) is 0 Å². The van der Waals surface area contributed by atoms with Crippen molar-refractivity contribution in [2.75, 3.05) is 52.0 Å². The Hall–Kier alpha value is 1.28. The fourth-order valence-corrected chi connectivity index (χ4v) is 9.67. The molecule has 0 aromatic rings. The van der Waals surface area contributed by atoms with Gasteiger partial charge in [0.15, 0.2) is 0 Å². The molecule has 0 spiro atoms. The molecule has 2 aliphatic rings. The molecule has 2 aliphatic carbocycles. The van der Waals surface area contributed by atoms with Crippen LogP contribution in [0.3, 0.4) is 0 Å². The summed E-state index contributed by atoms with van der Waals surface area (Å²) in [6.07, 6.45) is 16.8. The standard InChI is InChI=1S/C22H46N3P.BrH.Ni/c1-3-24(4-2)17-18-25(16-15-23)19-20-26(21-11-7-5-8-12-21)22-13-9-6-10-14-22;;/h21-22H,3-20,23H2,1-2H3;1H;/q;;+1. The van der Waals surface area contributed by atoms with Gasteiger partial charge in [0.05, 0.1) is 17.5 Å². The van der Waals surface area contributed by atoms with Crippen LogP contribution in [0.5, 0.6) is 0 Å². The van der Waals surface area contributed by atoms with Gasteiger partial charge in [-0.1, -0.05) is 26.7 Å². The number of hydrogen-bond acceptors (Lipinski definition) is 3. The number of nitrogens with zero attached hydrogens (tertiary/aromatic N) is 2. The van der Waals surface area contributed by atoms with Crippen LogP contribution in [0.15, 0.2) is 0 Å². The van der Waals surface area contributed by atoms with Crippen molar-refractivity contribution >= 4 is 22.1 Å². The Bertz CT molecular complexity index is 331. The van der Waals surface area contributed by atoms with Gasteiger partial charge >= 0.3 is 27.9 Å². The third kappa shape index (κ3) is 10.5. The number of rotatable bonds is 12. The molecule has 0 amide bonds. The van der Waals surface area contributed by atoms with Crippen molar-refractivity contribution < 1.29 is 13.7 Å². The van der Waals surface area contributed by atoms with Crippen LogP contribution in [0.1, 0.15) is 78.1 Å². The summed E-state index contributed by atoms with van der Waals surface area (Å²) in [5, 5.41) is 0. The molecule has 0 radical (unpaired) electrons. The van der Waals surface area contributed by atoms with Crippen molar-refractivity contribution in [2.45, 2.75) is 89.4 Å². The Morgan fingerprint density at radius 1 is 0.750 bits per heavy atom. The Kier molecular flexibility index (Phi) is 17.5. The first-order valence-corrected chi connectivity index (χ1v) is 16.2. The quantitative estimate of drug-likeness (QED) is 0.278. The van der Waals surface area contributed by atoms with Crippen molar-refractivity contribution in [3.8, 4) is 0 Å². The normalized spacial score (nSPS) is 19.3. The molecule has 171 valence electrons. The monoisotopic (exact) mass is 521 g/mol. The van der Waals surface area contributed by atoms with Crippen LogP contribution in [0.4, 0.5) is 0 Å². The molecule has 0 bridgehead atoms. The van der Waals surface area contributed by atoms with Crippen LogP contribution in [0.25, 0.3) is 0 Å². The van der Waals surface area contributed by atoms with Crippen molar-refractivity contribution in [3.63, 3.8) is 0 Å².